The normalized spacial score (nSPS) is 11.3. The van der Waals surface area contributed by atoms with Crippen LogP contribution in [0.25, 0.3) is 0 Å². The molecule has 2 aromatic rings. The Morgan fingerprint density at radius 1 is 0.903 bits per heavy atom. The van der Waals surface area contributed by atoms with Gasteiger partial charge in [-0.2, -0.15) is 4.41 Å². The molecule has 0 fully saturated rings. The molecule has 6 heteroatoms. The van der Waals surface area contributed by atoms with Gasteiger partial charge in [0.2, 0.25) is 0 Å². The lowest BCUT2D eigenvalue weighted by atomic mass is 10.0. The fraction of sp³-hybridized carbons (Fsp3) is 0.440. The minimum absolute atomic E-state index is 0.245. The molecule has 0 radical (unpaired) electrons. The number of hydrazine groups is 1. The van der Waals surface area contributed by atoms with E-state index >= 15 is 0 Å². The van der Waals surface area contributed by atoms with Gasteiger partial charge < -0.3 is 0 Å². The first kappa shape index (κ1) is 25.0. The first-order chi connectivity index (χ1) is 14.6. The number of nitrogens with zero attached hydrogens (tertiary/aromatic N) is 2. The van der Waals surface area contributed by atoms with Crippen LogP contribution < -0.4 is 0 Å². The molecule has 2 rings (SSSR count). The van der Waals surface area contributed by atoms with E-state index in [4.69, 9.17) is 4.18 Å². The van der Waals surface area contributed by atoms with Crippen LogP contribution in [0, 0.1) is 13.8 Å². The summed E-state index contributed by atoms with van der Waals surface area (Å²) < 4.78 is 7.03. The zero-order valence-electron chi connectivity index (χ0n) is 19.7. The highest BCUT2D eigenvalue weighted by Gasteiger charge is 2.37. The number of hydrogen-bond acceptors (Lipinski definition) is 4. The molecule has 0 aromatic heterocycles. The summed E-state index contributed by atoms with van der Waals surface area (Å²) >= 11 is 0.914. The predicted molar refractivity (Wildman–Crippen MR) is 128 cm³/mol. The Balaban J connectivity index is 2.50. The smallest absolute Gasteiger partial charge is 0.284 e. The molecule has 0 N–H and O–H groups in total. The average molecular weight is 443 g/mol. The molecule has 2 aromatic carbocycles. The highest BCUT2D eigenvalue weighted by atomic mass is 32.2. The molecule has 168 valence electrons. The van der Waals surface area contributed by atoms with Gasteiger partial charge >= 0.3 is 0 Å². The van der Waals surface area contributed by atoms with Crippen molar-refractivity contribution in [2.24, 2.45) is 0 Å². The van der Waals surface area contributed by atoms with E-state index in [9.17, 15) is 9.59 Å². The van der Waals surface area contributed by atoms with Crippen molar-refractivity contribution in [2.45, 2.75) is 66.8 Å². The van der Waals surface area contributed by atoms with Gasteiger partial charge in [-0.3, -0.25) is 13.8 Å². The fourth-order valence-corrected chi connectivity index (χ4v) is 4.10. The summed E-state index contributed by atoms with van der Waals surface area (Å²) in [5, 5.41) is 1.50. The van der Waals surface area contributed by atoms with Crippen molar-refractivity contribution < 1.29 is 13.8 Å². The van der Waals surface area contributed by atoms with E-state index in [0.29, 0.717) is 17.7 Å². The Morgan fingerprint density at radius 3 is 1.97 bits per heavy atom. The number of rotatable bonds is 7. The summed E-state index contributed by atoms with van der Waals surface area (Å²) in [6.45, 7) is 14.2. The molecular formula is C25H34N2O3S. The number of aryl methyl sites for hydroxylation is 3. The monoisotopic (exact) mass is 442 g/mol. The van der Waals surface area contributed by atoms with Crippen molar-refractivity contribution in [2.75, 3.05) is 6.61 Å². The van der Waals surface area contributed by atoms with E-state index in [1.807, 2.05) is 71.9 Å². The van der Waals surface area contributed by atoms with E-state index in [0.717, 1.165) is 41.8 Å². The Labute approximate surface area is 191 Å². The van der Waals surface area contributed by atoms with Crippen LogP contribution in [0.4, 0.5) is 0 Å². The maximum absolute atomic E-state index is 13.7. The first-order valence-corrected chi connectivity index (χ1v) is 11.4. The third-order valence-electron chi connectivity index (χ3n) is 4.67. The van der Waals surface area contributed by atoms with E-state index in [1.54, 1.807) is 12.1 Å². The van der Waals surface area contributed by atoms with E-state index in [-0.39, 0.29) is 11.8 Å². The fourth-order valence-electron chi connectivity index (χ4n) is 3.20. The van der Waals surface area contributed by atoms with Gasteiger partial charge in [0.1, 0.15) is 12.2 Å². The molecule has 0 bridgehead atoms. The second-order valence-corrected chi connectivity index (χ2v) is 9.42. The number of amides is 2. The van der Waals surface area contributed by atoms with E-state index < -0.39 is 5.54 Å². The summed E-state index contributed by atoms with van der Waals surface area (Å²) in [6, 6.07) is 13.2. The van der Waals surface area contributed by atoms with Crippen molar-refractivity contribution in [3.05, 3.63) is 70.3 Å². The topological polar surface area (TPSA) is 49.9 Å². The molecule has 0 heterocycles. The van der Waals surface area contributed by atoms with Gasteiger partial charge in [0.15, 0.2) is 0 Å². The van der Waals surface area contributed by atoms with Crippen LogP contribution in [0.2, 0.25) is 0 Å². The molecule has 0 aliphatic heterocycles. The van der Waals surface area contributed by atoms with E-state index in [2.05, 4.69) is 6.92 Å². The van der Waals surface area contributed by atoms with Crippen molar-refractivity contribution in [1.82, 2.24) is 9.42 Å². The summed E-state index contributed by atoms with van der Waals surface area (Å²) in [5.74, 6) is -0.540. The van der Waals surface area contributed by atoms with Crippen LogP contribution in [-0.4, -0.2) is 33.4 Å². The van der Waals surface area contributed by atoms with Crippen LogP contribution in [-0.2, 0) is 10.6 Å². The molecule has 2 amide bonds. The van der Waals surface area contributed by atoms with Crippen LogP contribution >= 0.6 is 12.2 Å². The summed E-state index contributed by atoms with van der Waals surface area (Å²) in [6.07, 6.45) is 1.70. The molecule has 0 atom stereocenters. The number of carbonyl (C=O) groups excluding carboxylic acids is 2. The summed E-state index contributed by atoms with van der Waals surface area (Å²) in [4.78, 5) is 27.2. The highest BCUT2D eigenvalue weighted by Crippen LogP contribution is 2.29. The number of hydrogen-bond donors (Lipinski definition) is 0. The van der Waals surface area contributed by atoms with Crippen molar-refractivity contribution in [3.8, 4) is 0 Å². The highest BCUT2D eigenvalue weighted by molar-refractivity contribution is 7.92. The van der Waals surface area contributed by atoms with Gasteiger partial charge in [0.25, 0.3) is 11.8 Å². The minimum Gasteiger partial charge on any atom is -0.295 e. The number of carbonyl (C=O) groups is 2. The van der Waals surface area contributed by atoms with Crippen molar-refractivity contribution in [1.29, 1.82) is 0 Å². The molecule has 0 aliphatic carbocycles. The second kappa shape index (κ2) is 10.8. The second-order valence-electron chi connectivity index (χ2n) is 8.69. The van der Waals surface area contributed by atoms with Gasteiger partial charge in [-0.25, -0.2) is 5.01 Å². The third-order valence-corrected chi connectivity index (χ3v) is 5.41. The van der Waals surface area contributed by atoms with Gasteiger partial charge in [0.05, 0.1) is 12.1 Å². The maximum atomic E-state index is 13.7. The largest absolute Gasteiger partial charge is 0.295 e. The Kier molecular flexibility index (Phi) is 8.71. The van der Waals surface area contributed by atoms with Crippen molar-refractivity contribution >= 4 is 24.0 Å². The number of benzene rings is 2. The van der Waals surface area contributed by atoms with Crippen LogP contribution in [0.5, 0.6) is 0 Å². The molecule has 31 heavy (non-hydrogen) atoms. The lowest BCUT2D eigenvalue weighted by Crippen LogP contribution is -2.55. The predicted octanol–water partition coefficient (Wildman–Crippen LogP) is 6.15. The zero-order valence-corrected chi connectivity index (χ0v) is 20.5. The quantitative estimate of drug-likeness (QED) is 0.223. The summed E-state index contributed by atoms with van der Waals surface area (Å²) in [5.41, 5.74) is 3.54. The average Bonchev–Trinajstić information content (AvgIpc) is 2.70. The SMILES string of the molecule is CCCOSN(C(=O)c1ccc(CC)cc1)N(C(=O)c1cc(C)cc(C)c1)C(C)(C)C. The standard InChI is InChI=1S/C25H34N2O3S/c1-8-14-30-31-27(24(29)21-12-10-20(9-2)11-13-21)26(25(5,6)7)23(28)22-16-18(3)15-19(4)17-22/h10-13,15-17H,8-9,14H2,1-7H3. The minimum atomic E-state index is -0.656. The lowest BCUT2D eigenvalue weighted by Gasteiger charge is -2.41. The first-order valence-electron chi connectivity index (χ1n) is 10.7. The van der Waals surface area contributed by atoms with Gasteiger partial charge in [-0.1, -0.05) is 43.2 Å². The molecule has 0 saturated heterocycles. The molecule has 5 nitrogen and oxygen atoms in total. The molecule has 0 spiro atoms. The van der Waals surface area contributed by atoms with Crippen molar-refractivity contribution in [3.63, 3.8) is 0 Å². The Bertz CT molecular complexity index is 884. The van der Waals surface area contributed by atoms with E-state index in [1.165, 1.54) is 9.42 Å². The van der Waals surface area contributed by atoms with Crippen LogP contribution in [0.1, 0.15) is 78.4 Å². The Hall–Kier alpha value is -2.31. The van der Waals surface area contributed by atoms with Gasteiger partial charge in [0, 0.05) is 11.1 Å². The maximum Gasteiger partial charge on any atom is 0.284 e. The molecular weight excluding hydrogens is 408 g/mol. The van der Waals surface area contributed by atoms with Crippen LogP contribution in [0.15, 0.2) is 42.5 Å². The molecule has 0 aliphatic rings. The lowest BCUT2D eigenvalue weighted by molar-refractivity contribution is -0.00307. The Morgan fingerprint density at radius 2 is 1.48 bits per heavy atom. The van der Waals surface area contributed by atoms with Gasteiger partial charge in [-0.05, 0) is 77.3 Å². The molecule has 0 unspecified atom stereocenters. The van der Waals surface area contributed by atoms with Crippen LogP contribution in [0.3, 0.4) is 0 Å². The molecule has 0 saturated carbocycles. The third kappa shape index (κ3) is 6.58. The summed E-state index contributed by atoms with van der Waals surface area (Å²) in [7, 11) is 0. The zero-order chi connectivity index (χ0) is 23.2. The van der Waals surface area contributed by atoms with Gasteiger partial charge in [-0.15, -0.1) is 0 Å².